The van der Waals surface area contributed by atoms with Crippen LogP contribution in [0.1, 0.15) is 18.4 Å². The van der Waals surface area contributed by atoms with E-state index in [1.54, 1.807) is 17.0 Å². The van der Waals surface area contributed by atoms with E-state index in [0.29, 0.717) is 19.1 Å². The summed E-state index contributed by atoms with van der Waals surface area (Å²) in [5.41, 5.74) is 6.32. The Balaban J connectivity index is 1.99. The highest BCUT2D eigenvalue weighted by Gasteiger charge is 2.24. The molecule has 19 heavy (non-hydrogen) atoms. The number of benzene rings is 1. The predicted molar refractivity (Wildman–Crippen MR) is 72.0 cm³/mol. The van der Waals surface area contributed by atoms with Crippen molar-refractivity contribution >= 4 is 6.03 Å². The number of primary amides is 1. The Labute approximate surface area is 113 Å². The highest BCUT2D eigenvalue weighted by molar-refractivity contribution is 5.72. The van der Waals surface area contributed by atoms with Crippen LogP contribution in [-0.4, -0.2) is 42.0 Å². The summed E-state index contributed by atoms with van der Waals surface area (Å²) < 4.78 is 12.8. The highest BCUT2D eigenvalue weighted by Crippen LogP contribution is 2.17. The third kappa shape index (κ3) is 3.67. The second kappa shape index (κ2) is 6.02. The fourth-order valence-electron chi connectivity index (χ4n) is 2.51. The number of amides is 2. The lowest BCUT2D eigenvalue weighted by Gasteiger charge is -2.27. The summed E-state index contributed by atoms with van der Waals surface area (Å²) in [4.78, 5) is 15.4. The fourth-order valence-corrected chi connectivity index (χ4v) is 2.51. The second-order valence-electron chi connectivity index (χ2n) is 5.12. The zero-order valence-electron chi connectivity index (χ0n) is 11.2. The molecule has 0 unspecified atom stereocenters. The fraction of sp³-hybridized carbons (Fsp3) is 0.500. The third-order valence-electron chi connectivity index (χ3n) is 3.70. The largest absolute Gasteiger partial charge is 0.351 e. The van der Waals surface area contributed by atoms with Gasteiger partial charge in [-0.05, 0) is 44.1 Å². The zero-order chi connectivity index (χ0) is 13.8. The molecule has 1 saturated heterocycles. The van der Waals surface area contributed by atoms with Crippen molar-refractivity contribution in [3.05, 3.63) is 35.6 Å². The summed E-state index contributed by atoms with van der Waals surface area (Å²) in [6.45, 7) is 2.12. The summed E-state index contributed by atoms with van der Waals surface area (Å²) in [5, 5.41) is 0. The maximum Gasteiger partial charge on any atom is 0.315 e. The number of halogens is 1. The van der Waals surface area contributed by atoms with Gasteiger partial charge in [-0.2, -0.15) is 0 Å². The molecule has 1 aliphatic heterocycles. The molecule has 2 N–H and O–H groups in total. The van der Waals surface area contributed by atoms with E-state index in [-0.39, 0.29) is 5.82 Å². The van der Waals surface area contributed by atoms with Crippen LogP contribution in [0.4, 0.5) is 9.18 Å². The summed E-state index contributed by atoms with van der Waals surface area (Å²) in [7, 11) is 2.06. The molecule has 1 aromatic rings. The molecule has 104 valence electrons. The van der Waals surface area contributed by atoms with E-state index >= 15 is 0 Å². The van der Waals surface area contributed by atoms with Gasteiger partial charge >= 0.3 is 6.03 Å². The van der Waals surface area contributed by atoms with Crippen LogP contribution < -0.4 is 5.73 Å². The maximum absolute atomic E-state index is 12.8. The minimum Gasteiger partial charge on any atom is -0.351 e. The number of hydrogen-bond acceptors (Lipinski definition) is 2. The first-order valence-corrected chi connectivity index (χ1v) is 6.55. The van der Waals surface area contributed by atoms with Crippen molar-refractivity contribution in [1.82, 2.24) is 9.80 Å². The standard InChI is InChI=1S/C14H20FN3O/c1-17-8-2-3-13(17)10-18(14(16)19)9-11-4-6-12(15)7-5-11/h4-7,13H,2-3,8-10H2,1H3,(H2,16,19)/t13-/m0/s1. The van der Waals surface area contributed by atoms with Crippen molar-refractivity contribution < 1.29 is 9.18 Å². The van der Waals surface area contributed by atoms with Gasteiger partial charge in [-0.25, -0.2) is 9.18 Å². The van der Waals surface area contributed by atoms with E-state index in [1.807, 2.05) is 0 Å². The Morgan fingerprint density at radius 2 is 2.16 bits per heavy atom. The lowest BCUT2D eigenvalue weighted by molar-refractivity contribution is 0.180. The van der Waals surface area contributed by atoms with Gasteiger partial charge in [0.05, 0.1) is 0 Å². The molecular formula is C14H20FN3O. The van der Waals surface area contributed by atoms with Crippen LogP contribution in [0.3, 0.4) is 0 Å². The molecule has 0 saturated carbocycles. The van der Waals surface area contributed by atoms with E-state index < -0.39 is 6.03 Å². The Morgan fingerprint density at radius 3 is 2.68 bits per heavy atom. The maximum atomic E-state index is 12.8. The molecule has 1 aliphatic rings. The summed E-state index contributed by atoms with van der Waals surface area (Å²) in [6.07, 6.45) is 2.24. The first-order chi connectivity index (χ1) is 9.06. The number of rotatable bonds is 4. The number of likely N-dealkylation sites (tertiary alicyclic amines) is 1. The van der Waals surface area contributed by atoms with Gasteiger partial charge in [0, 0.05) is 19.1 Å². The van der Waals surface area contributed by atoms with Gasteiger partial charge in [-0.1, -0.05) is 12.1 Å². The van der Waals surface area contributed by atoms with Gasteiger partial charge in [0.1, 0.15) is 5.82 Å². The number of nitrogens with zero attached hydrogens (tertiary/aromatic N) is 2. The van der Waals surface area contributed by atoms with Gasteiger partial charge in [0.15, 0.2) is 0 Å². The van der Waals surface area contributed by atoms with Crippen LogP contribution in [0.5, 0.6) is 0 Å². The number of carbonyl (C=O) groups excluding carboxylic acids is 1. The normalized spacial score (nSPS) is 19.6. The Kier molecular flexibility index (Phi) is 4.37. The molecule has 5 heteroatoms. The van der Waals surface area contributed by atoms with Crippen molar-refractivity contribution in [2.45, 2.75) is 25.4 Å². The zero-order valence-corrected chi connectivity index (χ0v) is 11.2. The van der Waals surface area contributed by atoms with E-state index in [9.17, 15) is 9.18 Å². The lowest BCUT2D eigenvalue weighted by atomic mass is 10.1. The van der Waals surface area contributed by atoms with Gasteiger partial charge in [-0.3, -0.25) is 0 Å². The Bertz CT molecular complexity index is 435. The molecule has 1 atom stereocenters. The average Bonchev–Trinajstić information content (AvgIpc) is 2.77. The molecule has 0 radical (unpaired) electrons. The SMILES string of the molecule is CN1CCC[C@H]1CN(Cc1ccc(F)cc1)C(N)=O. The monoisotopic (exact) mass is 265 g/mol. The van der Waals surface area contributed by atoms with Crippen LogP contribution in [0, 0.1) is 5.82 Å². The average molecular weight is 265 g/mol. The van der Waals surface area contributed by atoms with E-state index in [4.69, 9.17) is 5.73 Å². The molecule has 1 fully saturated rings. The Hall–Kier alpha value is -1.62. The van der Waals surface area contributed by atoms with E-state index in [2.05, 4.69) is 11.9 Å². The topological polar surface area (TPSA) is 49.6 Å². The molecular weight excluding hydrogens is 245 g/mol. The summed E-state index contributed by atoms with van der Waals surface area (Å²) >= 11 is 0. The molecule has 0 aliphatic carbocycles. The van der Waals surface area contributed by atoms with Gasteiger partial charge in [0.25, 0.3) is 0 Å². The predicted octanol–water partition coefficient (Wildman–Crippen LogP) is 1.80. The van der Waals surface area contributed by atoms with Crippen molar-refractivity contribution in [3.8, 4) is 0 Å². The van der Waals surface area contributed by atoms with Crippen molar-refractivity contribution in [3.63, 3.8) is 0 Å². The summed E-state index contributed by atoms with van der Waals surface area (Å²) in [5.74, 6) is -0.273. The Morgan fingerprint density at radius 1 is 1.47 bits per heavy atom. The van der Waals surface area contributed by atoms with Gasteiger partial charge < -0.3 is 15.5 Å². The minimum atomic E-state index is -0.426. The second-order valence-corrected chi connectivity index (χ2v) is 5.12. The molecule has 0 aromatic heterocycles. The number of hydrogen-bond donors (Lipinski definition) is 1. The number of likely N-dealkylation sites (N-methyl/N-ethyl adjacent to an activating group) is 1. The lowest BCUT2D eigenvalue weighted by Crippen LogP contribution is -2.43. The van der Waals surface area contributed by atoms with Crippen LogP contribution >= 0.6 is 0 Å². The number of nitrogens with two attached hydrogens (primary N) is 1. The molecule has 0 bridgehead atoms. The minimum absolute atomic E-state index is 0.273. The van der Waals surface area contributed by atoms with Crippen LogP contribution in [-0.2, 0) is 6.54 Å². The highest BCUT2D eigenvalue weighted by atomic mass is 19.1. The first-order valence-electron chi connectivity index (χ1n) is 6.55. The van der Waals surface area contributed by atoms with Gasteiger partial charge in [0.2, 0.25) is 0 Å². The van der Waals surface area contributed by atoms with Crippen LogP contribution in [0.15, 0.2) is 24.3 Å². The van der Waals surface area contributed by atoms with Crippen molar-refractivity contribution in [2.75, 3.05) is 20.1 Å². The smallest absolute Gasteiger partial charge is 0.315 e. The number of carbonyl (C=O) groups is 1. The van der Waals surface area contributed by atoms with Crippen molar-refractivity contribution in [2.24, 2.45) is 5.73 Å². The van der Waals surface area contributed by atoms with E-state index in [1.165, 1.54) is 12.1 Å². The molecule has 1 aromatic carbocycles. The molecule has 0 spiro atoms. The quantitative estimate of drug-likeness (QED) is 0.902. The number of urea groups is 1. The van der Waals surface area contributed by atoms with Gasteiger partial charge in [-0.15, -0.1) is 0 Å². The van der Waals surface area contributed by atoms with Crippen LogP contribution in [0.25, 0.3) is 0 Å². The molecule has 2 amide bonds. The van der Waals surface area contributed by atoms with Crippen LogP contribution in [0.2, 0.25) is 0 Å². The van der Waals surface area contributed by atoms with E-state index in [0.717, 1.165) is 24.9 Å². The summed E-state index contributed by atoms with van der Waals surface area (Å²) in [6, 6.07) is 6.11. The molecule has 2 rings (SSSR count). The molecule has 4 nitrogen and oxygen atoms in total. The third-order valence-corrected chi connectivity index (χ3v) is 3.70. The van der Waals surface area contributed by atoms with Crippen molar-refractivity contribution in [1.29, 1.82) is 0 Å². The first kappa shape index (κ1) is 13.8. The molecule has 1 heterocycles.